The summed E-state index contributed by atoms with van der Waals surface area (Å²) in [5, 5.41) is 17.7. The van der Waals surface area contributed by atoms with Crippen LogP contribution in [0.2, 0.25) is 0 Å². The average Bonchev–Trinajstić information content (AvgIpc) is 2.15. The normalized spacial score (nSPS) is 10.9. The van der Waals surface area contributed by atoms with Crippen molar-refractivity contribution in [1.82, 2.24) is 0 Å². The Balaban J connectivity index is 3.45. The van der Waals surface area contributed by atoms with E-state index in [1.54, 1.807) is 0 Å². The zero-order valence-electron chi connectivity index (χ0n) is 8.03. The molecule has 0 aliphatic carbocycles. The van der Waals surface area contributed by atoms with Gasteiger partial charge in [0.25, 0.3) is 0 Å². The first-order valence-electron chi connectivity index (χ1n) is 3.99. The van der Waals surface area contributed by atoms with Crippen LogP contribution < -0.4 is 9.47 Å². The molecule has 0 bridgehead atoms. The molecule has 1 aromatic carbocycles. The molecular formula is C6H6AsN3O7. The summed E-state index contributed by atoms with van der Waals surface area (Å²) < 4.78 is 28.3. The number of nitro groups is 2. The van der Waals surface area contributed by atoms with E-state index in [2.05, 4.69) is 0 Å². The predicted octanol–water partition coefficient (Wildman–Crippen LogP) is -1.56. The molecule has 0 amide bonds. The van der Waals surface area contributed by atoms with Gasteiger partial charge in [-0.2, -0.15) is 0 Å². The van der Waals surface area contributed by atoms with E-state index in [0.29, 0.717) is 0 Å². The van der Waals surface area contributed by atoms with Crippen LogP contribution >= 0.6 is 0 Å². The second-order valence-corrected chi connectivity index (χ2v) is 6.09. The first kappa shape index (κ1) is 13.2. The van der Waals surface area contributed by atoms with Crippen LogP contribution in [0.3, 0.4) is 0 Å². The Morgan fingerprint density at radius 3 is 2.00 bits per heavy atom. The second kappa shape index (κ2) is 4.53. The standard InChI is InChI=1S/C6H6AsN3O7/c11-7(12,13)5-3-1-2-4-6(5)8(9(14)15)10(16)17/h1-4H,(H2,11,12,13). The van der Waals surface area contributed by atoms with Gasteiger partial charge in [-0.1, -0.05) is 0 Å². The van der Waals surface area contributed by atoms with Gasteiger partial charge in [0.1, 0.15) is 0 Å². The van der Waals surface area contributed by atoms with Crippen LogP contribution in [-0.2, 0) is 3.74 Å². The van der Waals surface area contributed by atoms with Crippen molar-refractivity contribution in [3.05, 3.63) is 44.5 Å². The molecule has 0 fully saturated rings. The van der Waals surface area contributed by atoms with Crippen LogP contribution in [0.15, 0.2) is 24.3 Å². The van der Waals surface area contributed by atoms with E-state index in [0.717, 1.165) is 12.1 Å². The SMILES string of the molecule is O=[N+]([O-])N(c1ccccc1[As](=O)(O)O)[N+](=O)[O-]. The summed E-state index contributed by atoms with van der Waals surface area (Å²) >= 11 is -5.48. The van der Waals surface area contributed by atoms with Crippen LogP contribution in [0, 0.1) is 20.2 Å². The summed E-state index contributed by atoms with van der Waals surface area (Å²) in [6, 6.07) is 4.22. The first-order chi connectivity index (χ1) is 7.75. The summed E-state index contributed by atoms with van der Waals surface area (Å²) in [5.74, 6) is 0. The average molecular weight is 307 g/mol. The van der Waals surface area contributed by atoms with E-state index in [-0.39, 0.29) is 0 Å². The molecule has 0 spiro atoms. The maximum absolute atomic E-state index is 11.1. The molecule has 0 heterocycles. The molecular weight excluding hydrogens is 301 g/mol. The Bertz CT molecular complexity index is 498. The zero-order valence-corrected chi connectivity index (χ0v) is 9.91. The van der Waals surface area contributed by atoms with E-state index in [4.69, 9.17) is 8.19 Å². The van der Waals surface area contributed by atoms with Gasteiger partial charge in [-0.15, -0.1) is 0 Å². The third kappa shape index (κ3) is 2.81. The van der Waals surface area contributed by atoms with Crippen LogP contribution in [0.4, 0.5) is 5.69 Å². The van der Waals surface area contributed by atoms with Gasteiger partial charge in [-0.25, -0.2) is 0 Å². The number of hydrogen-bond acceptors (Lipinski definition) is 5. The van der Waals surface area contributed by atoms with Crippen molar-refractivity contribution in [3.63, 3.8) is 0 Å². The summed E-state index contributed by atoms with van der Waals surface area (Å²) in [5.41, 5.74) is -0.755. The van der Waals surface area contributed by atoms with Crippen LogP contribution in [-0.4, -0.2) is 32.4 Å². The Kier molecular flexibility index (Phi) is 3.51. The fourth-order valence-electron chi connectivity index (χ4n) is 1.12. The molecule has 0 aliphatic rings. The Labute approximate surface area is 96.3 Å². The van der Waals surface area contributed by atoms with Crippen molar-refractivity contribution in [3.8, 4) is 0 Å². The van der Waals surface area contributed by atoms with Gasteiger partial charge >= 0.3 is 95.8 Å². The van der Waals surface area contributed by atoms with Crippen LogP contribution in [0.25, 0.3) is 0 Å². The number of hydrogen-bond donors (Lipinski definition) is 2. The van der Waals surface area contributed by atoms with Gasteiger partial charge < -0.3 is 0 Å². The maximum atomic E-state index is 11.1. The molecule has 0 saturated carbocycles. The quantitative estimate of drug-likeness (QED) is 0.385. The summed E-state index contributed by atoms with van der Waals surface area (Å²) in [6.07, 6.45) is 0. The van der Waals surface area contributed by atoms with Gasteiger partial charge in [0.05, 0.1) is 0 Å². The summed E-state index contributed by atoms with van der Waals surface area (Å²) in [7, 11) is 0. The monoisotopic (exact) mass is 307 g/mol. The van der Waals surface area contributed by atoms with Gasteiger partial charge in [0, 0.05) is 0 Å². The van der Waals surface area contributed by atoms with Crippen LogP contribution in [0.5, 0.6) is 0 Å². The molecule has 0 aliphatic heterocycles. The summed E-state index contributed by atoms with van der Waals surface area (Å²) in [4.78, 5) is 20.9. The number of benzene rings is 1. The Morgan fingerprint density at radius 2 is 1.59 bits per heavy atom. The summed E-state index contributed by atoms with van der Waals surface area (Å²) in [6.45, 7) is 0. The molecule has 0 unspecified atom stereocenters. The molecule has 0 atom stereocenters. The molecule has 17 heavy (non-hydrogen) atoms. The molecule has 92 valence electrons. The fraction of sp³-hybridized carbons (Fsp3) is 0. The minimum atomic E-state index is -5.48. The fourth-order valence-corrected chi connectivity index (χ4v) is 2.67. The van der Waals surface area contributed by atoms with Crippen molar-refractivity contribution in [1.29, 1.82) is 0 Å². The number of anilines is 1. The minimum absolute atomic E-state index is 0.532. The van der Waals surface area contributed by atoms with Crippen molar-refractivity contribution < 1.29 is 22.0 Å². The van der Waals surface area contributed by atoms with E-state index in [9.17, 15) is 24.0 Å². The zero-order chi connectivity index (χ0) is 13.2. The third-order valence-electron chi connectivity index (χ3n) is 1.72. The van der Waals surface area contributed by atoms with Crippen molar-refractivity contribution in [2.45, 2.75) is 0 Å². The number of hydrazine groups is 2. The molecule has 2 N–H and O–H groups in total. The topological polar surface area (TPSA) is 147 Å². The van der Waals surface area contributed by atoms with Crippen LogP contribution in [0.1, 0.15) is 0 Å². The van der Waals surface area contributed by atoms with Crippen molar-refractivity contribution >= 4 is 24.2 Å². The van der Waals surface area contributed by atoms with Gasteiger partial charge in [-0.3, -0.25) is 0 Å². The third-order valence-corrected chi connectivity index (χ3v) is 3.83. The second-order valence-electron chi connectivity index (χ2n) is 2.80. The van der Waals surface area contributed by atoms with Gasteiger partial charge in [-0.05, 0) is 0 Å². The molecule has 1 aromatic rings. The number of nitrogens with zero attached hydrogens (tertiary/aromatic N) is 3. The number of para-hydroxylation sites is 1. The van der Waals surface area contributed by atoms with E-state index in [1.165, 1.54) is 12.1 Å². The molecule has 0 radical (unpaired) electrons. The van der Waals surface area contributed by atoms with Crippen molar-refractivity contribution in [2.75, 3.05) is 5.12 Å². The molecule has 0 aromatic heterocycles. The number of rotatable bonds is 4. The molecule has 11 heteroatoms. The molecule has 0 saturated heterocycles. The Morgan fingerprint density at radius 1 is 1.12 bits per heavy atom. The van der Waals surface area contributed by atoms with E-state index >= 15 is 0 Å². The van der Waals surface area contributed by atoms with Gasteiger partial charge in [0.2, 0.25) is 0 Å². The van der Waals surface area contributed by atoms with Gasteiger partial charge in [0.15, 0.2) is 0 Å². The van der Waals surface area contributed by atoms with E-state index in [1.807, 2.05) is 0 Å². The van der Waals surface area contributed by atoms with E-state index < -0.39 is 39.4 Å². The van der Waals surface area contributed by atoms with Crippen molar-refractivity contribution in [2.24, 2.45) is 0 Å². The molecule has 1 rings (SSSR count). The predicted molar refractivity (Wildman–Crippen MR) is 53.4 cm³/mol. The molecule has 10 nitrogen and oxygen atoms in total. The Hall–Kier alpha value is -1.90. The first-order valence-corrected chi connectivity index (χ1v) is 7.37.